The van der Waals surface area contributed by atoms with Crippen molar-refractivity contribution in [2.75, 3.05) is 19.6 Å². The Labute approximate surface area is 168 Å². The predicted molar refractivity (Wildman–Crippen MR) is 112 cm³/mol. The van der Waals surface area contributed by atoms with Crippen LogP contribution in [0.2, 0.25) is 0 Å². The second kappa shape index (κ2) is 9.32. The Morgan fingerprint density at radius 2 is 1.89 bits per heavy atom. The monoisotopic (exact) mass is 383 g/mol. The van der Waals surface area contributed by atoms with Gasteiger partial charge in [0.25, 0.3) is 5.91 Å². The van der Waals surface area contributed by atoms with E-state index in [1.807, 2.05) is 23.4 Å². The Balaban J connectivity index is 1.78. The Hall–Kier alpha value is -2.21. The van der Waals surface area contributed by atoms with Crippen molar-refractivity contribution in [2.45, 2.75) is 65.5 Å². The normalized spacial score (nSPS) is 16.1. The number of benzene rings is 1. The Kier molecular flexibility index (Phi) is 6.83. The molecule has 1 aliphatic rings. The van der Waals surface area contributed by atoms with Gasteiger partial charge in [0.1, 0.15) is 0 Å². The van der Waals surface area contributed by atoms with Crippen molar-refractivity contribution in [2.24, 2.45) is 0 Å². The number of likely N-dealkylation sites (N-methyl/N-ethyl adjacent to an activating group) is 1. The molecule has 1 aliphatic heterocycles. The first-order chi connectivity index (χ1) is 13.5. The smallest absolute Gasteiger partial charge is 0.276 e. The number of nitrogens with one attached hydrogen (secondary N) is 1. The average molecular weight is 384 g/mol. The van der Waals surface area contributed by atoms with E-state index < -0.39 is 0 Å². The number of piperidine rings is 1. The molecule has 28 heavy (non-hydrogen) atoms. The zero-order valence-corrected chi connectivity index (χ0v) is 17.6. The SMILES string of the molecule is CCC(Cc1ccc(C)cc1)N(CC)C(=O)c1nnn(C2CCNCC2)c1C. The van der Waals surface area contributed by atoms with Crippen LogP contribution in [0.25, 0.3) is 0 Å². The number of hydrogen-bond acceptors (Lipinski definition) is 4. The van der Waals surface area contributed by atoms with Gasteiger partial charge in [-0.1, -0.05) is 42.0 Å². The van der Waals surface area contributed by atoms with Crippen LogP contribution in [-0.2, 0) is 6.42 Å². The van der Waals surface area contributed by atoms with Crippen molar-refractivity contribution in [3.05, 3.63) is 46.8 Å². The lowest BCUT2D eigenvalue weighted by molar-refractivity contribution is 0.0677. The van der Waals surface area contributed by atoms with Crippen molar-refractivity contribution in [1.82, 2.24) is 25.2 Å². The van der Waals surface area contributed by atoms with Gasteiger partial charge >= 0.3 is 0 Å². The van der Waals surface area contributed by atoms with Crippen LogP contribution >= 0.6 is 0 Å². The molecule has 0 bridgehead atoms. The molecule has 1 unspecified atom stereocenters. The minimum Gasteiger partial charge on any atom is -0.334 e. The first-order valence-corrected chi connectivity index (χ1v) is 10.5. The van der Waals surface area contributed by atoms with Gasteiger partial charge in [-0.15, -0.1) is 5.10 Å². The maximum absolute atomic E-state index is 13.3. The van der Waals surface area contributed by atoms with E-state index in [2.05, 4.69) is 53.7 Å². The molecule has 1 aromatic heterocycles. The third kappa shape index (κ3) is 4.43. The van der Waals surface area contributed by atoms with Crippen LogP contribution in [0.4, 0.5) is 0 Å². The van der Waals surface area contributed by atoms with E-state index in [0.717, 1.165) is 44.5 Å². The molecule has 0 radical (unpaired) electrons. The van der Waals surface area contributed by atoms with Gasteiger partial charge in [0.15, 0.2) is 5.69 Å². The quantitative estimate of drug-likeness (QED) is 0.797. The zero-order valence-electron chi connectivity index (χ0n) is 17.6. The topological polar surface area (TPSA) is 63.1 Å². The molecule has 6 heteroatoms. The molecule has 1 atom stereocenters. The van der Waals surface area contributed by atoms with Gasteiger partial charge in [0.05, 0.1) is 11.7 Å². The van der Waals surface area contributed by atoms with Crippen molar-refractivity contribution >= 4 is 5.91 Å². The Morgan fingerprint density at radius 1 is 1.21 bits per heavy atom. The predicted octanol–water partition coefficient (Wildman–Crippen LogP) is 3.30. The number of carbonyl (C=O) groups is 1. The van der Waals surface area contributed by atoms with Gasteiger partial charge in [-0.2, -0.15) is 0 Å². The third-order valence-electron chi connectivity index (χ3n) is 5.89. The summed E-state index contributed by atoms with van der Waals surface area (Å²) < 4.78 is 1.96. The van der Waals surface area contributed by atoms with Crippen molar-refractivity contribution in [3.8, 4) is 0 Å². The van der Waals surface area contributed by atoms with Crippen LogP contribution in [0.5, 0.6) is 0 Å². The molecule has 1 aromatic carbocycles. The van der Waals surface area contributed by atoms with Gasteiger partial charge in [-0.3, -0.25) is 4.79 Å². The van der Waals surface area contributed by atoms with Crippen LogP contribution < -0.4 is 5.32 Å². The molecule has 6 nitrogen and oxygen atoms in total. The Morgan fingerprint density at radius 3 is 2.50 bits per heavy atom. The molecular weight excluding hydrogens is 350 g/mol. The highest BCUT2D eigenvalue weighted by atomic mass is 16.2. The molecule has 1 N–H and O–H groups in total. The van der Waals surface area contributed by atoms with E-state index in [0.29, 0.717) is 18.3 Å². The fourth-order valence-electron chi connectivity index (χ4n) is 4.11. The summed E-state index contributed by atoms with van der Waals surface area (Å²) in [5, 5.41) is 12.0. The summed E-state index contributed by atoms with van der Waals surface area (Å²) in [5.74, 6) is -0.000791. The largest absolute Gasteiger partial charge is 0.334 e. The minimum atomic E-state index is -0.000791. The number of rotatable bonds is 7. The summed E-state index contributed by atoms with van der Waals surface area (Å²) in [6.45, 7) is 10.9. The van der Waals surface area contributed by atoms with E-state index in [-0.39, 0.29) is 11.9 Å². The first-order valence-electron chi connectivity index (χ1n) is 10.5. The first kappa shape index (κ1) is 20.5. The van der Waals surface area contributed by atoms with Gasteiger partial charge in [0.2, 0.25) is 0 Å². The van der Waals surface area contributed by atoms with Crippen LogP contribution in [0, 0.1) is 13.8 Å². The van der Waals surface area contributed by atoms with E-state index in [9.17, 15) is 4.79 Å². The third-order valence-corrected chi connectivity index (χ3v) is 5.89. The summed E-state index contributed by atoms with van der Waals surface area (Å²) in [4.78, 5) is 15.3. The van der Waals surface area contributed by atoms with Crippen LogP contribution in [0.3, 0.4) is 0 Å². The van der Waals surface area contributed by atoms with Gasteiger partial charge < -0.3 is 10.2 Å². The lowest BCUT2D eigenvalue weighted by Gasteiger charge is -2.30. The van der Waals surface area contributed by atoms with Gasteiger partial charge in [-0.25, -0.2) is 4.68 Å². The zero-order chi connectivity index (χ0) is 20.1. The van der Waals surface area contributed by atoms with E-state index >= 15 is 0 Å². The second-order valence-corrected chi connectivity index (χ2v) is 7.79. The number of aromatic nitrogens is 3. The van der Waals surface area contributed by atoms with Crippen molar-refractivity contribution in [3.63, 3.8) is 0 Å². The molecule has 0 aliphatic carbocycles. The number of carbonyl (C=O) groups excluding carboxylic acids is 1. The highest BCUT2D eigenvalue weighted by Gasteiger charge is 2.28. The standard InChI is InChI=1S/C22H33N5O/c1-5-19(15-18-9-7-16(3)8-10-18)26(6-2)22(28)21-17(4)27(25-24-21)20-11-13-23-14-12-20/h7-10,19-20,23H,5-6,11-15H2,1-4H3. The lowest BCUT2D eigenvalue weighted by atomic mass is 10.0. The Bertz CT molecular complexity index is 777. The lowest BCUT2D eigenvalue weighted by Crippen LogP contribution is -2.41. The molecule has 1 amide bonds. The molecule has 2 aromatic rings. The fourth-order valence-corrected chi connectivity index (χ4v) is 4.11. The molecule has 1 saturated heterocycles. The summed E-state index contributed by atoms with van der Waals surface area (Å²) >= 11 is 0. The van der Waals surface area contributed by atoms with E-state index in [1.54, 1.807) is 0 Å². The van der Waals surface area contributed by atoms with Gasteiger partial charge in [-0.05, 0) is 65.1 Å². The highest BCUT2D eigenvalue weighted by molar-refractivity contribution is 5.93. The number of hydrogen-bond donors (Lipinski definition) is 1. The van der Waals surface area contributed by atoms with E-state index in [1.165, 1.54) is 11.1 Å². The number of amides is 1. The fraction of sp³-hybridized carbons (Fsp3) is 0.591. The van der Waals surface area contributed by atoms with Crippen LogP contribution in [0.15, 0.2) is 24.3 Å². The van der Waals surface area contributed by atoms with Crippen LogP contribution in [-0.4, -0.2) is 51.5 Å². The van der Waals surface area contributed by atoms with E-state index in [4.69, 9.17) is 0 Å². The average Bonchev–Trinajstić information content (AvgIpc) is 3.11. The summed E-state index contributed by atoms with van der Waals surface area (Å²) in [7, 11) is 0. The second-order valence-electron chi connectivity index (χ2n) is 7.79. The minimum absolute atomic E-state index is 0.000791. The molecule has 0 saturated carbocycles. The molecule has 2 heterocycles. The molecule has 0 spiro atoms. The number of nitrogens with zero attached hydrogens (tertiary/aromatic N) is 4. The summed E-state index contributed by atoms with van der Waals surface area (Å²) in [5.41, 5.74) is 3.91. The van der Waals surface area contributed by atoms with Gasteiger partial charge in [0, 0.05) is 12.6 Å². The molecular formula is C22H33N5O. The van der Waals surface area contributed by atoms with Crippen molar-refractivity contribution in [1.29, 1.82) is 0 Å². The molecule has 3 rings (SSSR count). The van der Waals surface area contributed by atoms with Crippen LogP contribution in [0.1, 0.15) is 66.5 Å². The maximum atomic E-state index is 13.3. The van der Waals surface area contributed by atoms with Crippen molar-refractivity contribution < 1.29 is 4.79 Å². The molecule has 152 valence electrons. The summed E-state index contributed by atoms with van der Waals surface area (Å²) in [6, 6.07) is 9.08. The number of aryl methyl sites for hydroxylation is 1. The molecule has 1 fully saturated rings. The summed E-state index contributed by atoms with van der Waals surface area (Å²) in [6.07, 6.45) is 3.83. The highest BCUT2D eigenvalue weighted by Crippen LogP contribution is 2.22. The maximum Gasteiger partial charge on any atom is 0.276 e.